The molecule has 2 unspecified atom stereocenters. The van der Waals surface area contributed by atoms with Gasteiger partial charge in [0, 0.05) is 31.1 Å². The normalized spacial score (nSPS) is 17.6. The van der Waals surface area contributed by atoms with E-state index in [2.05, 4.69) is 5.32 Å². The lowest BCUT2D eigenvalue weighted by atomic mass is 9.87. The Kier molecular flexibility index (Phi) is 6.93. The van der Waals surface area contributed by atoms with Crippen LogP contribution in [0.25, 0.3) is 0 Å². The van der Waals surface area contributed by atoms with Crippen molar-refractivity contribution in [2.45, 2.75) is 12.5 Å². The third-order valence-corrected chi connectivity index (χ3v) is 6.75. The minimum Gasteiger partial charge on any atom is -0.497 e. The summed E-state index contributed by atoms with van der Waals surface area (Å²) in [7, 11) is 3.16. The van der Waals surface area contributed by atoms with Gasteiger partial charge < -0.3 is 19.7 Å². The van der Waals surface area contributed by atoms with Crippen molar-refractivity contribution in [3.8, 4) is 11.5 Å². The van der Waals surface area contributed by atoms with E-state index in [0.717, 1.165) is 11.1 Å². The van der Waals surface area contributed by atoms with E-state index in [1.165, 1.54) is 23.5 Å². The number of amides is 2. The number of carbonyl (C=O) groups excluding carboxylic acids is 2. The van der Waals surface area contributed by atoms with E-state index in [0.29, 0.717) is 22.9 Å². The molecule has 3 aromatic rings. The third kappa shape index (κ3) is 5.01. The number of nitrogens with zero attached hydrogens (tertiary/aromatic N) is 1. The maximum absolute atomic E-state index is 13.3. The molecule has 6 nitrogen and oxygen atoms in total. The summed E-state index contributed by atoms with van der Waals surface area (Å²) < 4.78 is 24.2. The van der Waals surface area contributed by atoms with E-state index in [9.17, 15) is 14.0 Å². The monoisotopic (exact) mass is 468 g/mol. The first-order chi connectivity index (χ1) is 16.0. The fraction of sp³-hybridized carbons (Fsp3) is 0.280. The van der Waals surface area contributed by atoms with Crippen LogP contribution in [0.15, 0.2) is 60.0 Å². The Bertz CT molecular complexity index is 1120. The number of benzene rings is 2. The molecule has 0 bridgehead atoms. The highest BCUT2D eigenvalue weighted by atomic mass is 32.1. The number of hydrogen-bond acceptors (Lipinski definition) is 5. The summed E-state index contributed by atoms with van der Waals surface area (Å²) in [5.74, 6) is -0.0421. The molecule has 2 heterocycles. The molecule has 2 amide bonds. The van der Waals surface area contributed by atoms with Gasteiger partial charge >= 0.3 is 0 Å². The van der Waals surface area contributed by atoms with Crippen molar-refractivity contribution >= 4 is 23.2 Å². The smallest absolute Gasteiger partial charge is 0.263 e. The summed E-state index contributed by atoms with van der Waals surface area (Å²) >= 11 is 1.38. The first-order valence-electron chi connectivity index (χ1n) is 10.6. The average molecular weight is 469 g/mol. The summed E-state index contributed by atoms with van der Waals surface area (Å²) in [6, 6.07) is 15.1. The molecule has 1 aliphatic heterocycles. The molecule has 4 rings (SSSR count). The SMILES string of the molecule is COc1ccc(OC)c(C2CN(C(=O)c3cccs3)CC2C(=O)NCc2ccc(F)cc2)c1. The van der Waals surface area contributed by atoms with E-state index in [-0.39, 0.29) is 36.6 Å². The fourth-order valence-corrected chi connectivity index (χ4v) is 4.85. The lowest BCUT2D eigenvalue weighted by Gasteiger charge is -2.21. The maximum Gasteiger partial charge on any atom is 0.263 e. The summed E-state index contributed by atoms with van der Waals surface area (Å²) in [4.78, 5) is 28.7. The first kappa shape index (κ1) is 22.8. The van der Waals surface area contributed by atoms with Crippen molar-refractivity contribution in [3.63, 3.8) is 0 Å². The summed E-state index contributed by atoms with van der Waals surface area (Å²) in [6.45, 7) is 0.947. The molecule has 0 spiro atoms. The van der Waals surface area contributed by atoms with Crippen molar-refractivity contribution in [1.29, 1.82) is 0 Å². The molecular formula is C25H25FN2O4S. The van der Waals surface area contributed by atoms with E-state index in [1.807, 2.05) is 23.6 Å². The van der Waals surface area contributed by atoms with Crippen molar-refractivity contribution in [1.82, 2.24) is 10.2 Å². The van der Waals surface area contributed by atoms with Gasteiger partial charge in [0.25, 0.3) is 5.91 Å². The lowest BCUT2D eigenvalue weighted by Crippen LogP contribution is -2.35. The Labute approximate surface area is 195 Å². The second kappa shape index (κ2) is 10.0. The van der Waals surface area contributed by atoms with Crippen LogP contribution in [0, 0.1) is 11.7 Å². The van der Waals surface area contributed by atoms with Gasteiger partial charge in [0.15, 0.2) is 0 Å². The van der Waals surface area contributed by atoms with Crippen LogP contribution >= 0.6 is 11.3 Å². The standard InChI is InChI=1S/C25H25FN2O4S/c1-31-18-9-10-22(32-2)19(12-18)20-14-28(25(30)23-4-3-11-33-23)15-21(20)24(29)27-13-16-5-7-17(26)8-6-16/h3-12,20-21H,13-15H2,1-2H3,(H,27,29). The minimum absolute atomic E-state index is 0.0919. The zero-order valence-electron chi connectivity index (χ0n) is 18.4. The van der Waals surface area contributed by atoms with Gasteiger partial charge in [-0.25, -0.2) is 4.39 Å². The van der Waals surface area contributed by atoms with Crippen LogP contribution in [0.5, 0.6) is 11.5 Å². The van der Waals surface area contributed by atoms with Gasteiger partial charge in [0.1, 0.15) is 17.3 Å². The Morgan fingerprint density at radius 3 is 2.55 bits per heavy atom. The average Bonchev–Trinajstić information content (AvgIpc) is 3.53. The zero-order valence-corrected chi connectivity index (χ0v) is 19.2. The summed E-state index contributed by atoms with van der Waals surface area (Å²) in [6.07, 6.45) is 0. The molecular weight excluding hydrogens is 443 g/mol. The topological polar surface area (TPSA) is 67.9 Å². The highest BCUT2D eigenvalue weighted by Crippen LogP contribution is 2.40. The van der Waals surface area contributed by atoms with Gasteiger partial charge in [-0.3, -0.25) is 9.59 Å². The lowest BCUT2D eigenvalue weighted by molar-refractivity contribution is -0.125. The predicted molar refractivity (Wildman–Crippen MR) is 124 cm³/mol. The molecule has 33 heavy (non-hydrogen) atoms. The number of methoxy groups -OCH3 is 2. The molecule has 2 aromatic carbocycles. The largest absolute Gasteiger partial charge is 0.497 e. The molecule has 1 aliphatic rings. The van der Waals surface area contributed by atoms with Crippen LogP contribution in [0.2, 0.25) is 0 Å². The number of rotatable bonds is 7. The van der Waals surface area contributed by atoms with Crippen LogP contribution in [-0.2, 0) is 11.3 Å². The van der Waals surface area contributed by atoms with E-state index < -0.39 is 5.92 Å². The highest BCUT2D eigenvalue weighted by molar-refractivity contribution is 7.12. The van der Waals surface area contributed by atoms with Crippen LogP contribution in [0.4, 0.5) is 4.39 Å². The summed E-state index contributed by atoms with van der Waals surface area (Å²) in [5.41, 5.74) is 1.62. The van der Waals surface area contributed by atoms with Crippen molar-refractivity contribution in [3.05, 3.63) is 81.8 Å². The van der Waals surface area contributed by atoms with Crippen LogP contribution < -0.4 is 14.8 Å². The van der Waals surface area contributed by atoms with Gasteiger partial charge in [-0.2, -0.15) is 0 Å². The first-order valence-corrected chi connectivity index (χ1v) is 11.4. The second-order valence-corrected chi connectivity index (χ2v) is 8.80. The van der Waals surface area contributed by atoms with Gasteiger partial charge in [-0.1, -0.05) is 18.2 Å². The Balaban J connectivity index is 1.60. The number of hydrogen-bond donors (Lipinski definition) is 1. The highest BCUT2D eigenvalue weighted by Gasteiger charge is 2.42. The molecule has 8 heteroatoms. The molecule has 1 N–H and O–H groups in total. The van der Waals surface area contributed by atoms with Gasteiger partial charge in [-0.05, 0) is 47.3 Å². The quantitative estimate of drug-likeness (QED) is 0.568. The number of likely N-dealkylation sites (tertiary alicyclic amines) is 1. The molecule has 0 radical (unpaired) electrons. The molecule has 0 aliphatic carbocycles. The van der Waals surface area contributed by atoms with Crippen LogP contribution in [0.3, 0.4) is 0 Å². The van der Waals surface area contributed by atoms with Crippen molar-refractivity contribution in [2.24, 2.45) is 5.92 Å². The number of nitrogens with one attached hydrogen (secondary N) is 1. The van der Waals surface area contributed by atoms with E-state index in [1.54, 1.807) is 43.4 Å². The second-order valence-electron chi connectivity index (χ2n) is 7.85. The zero-order chi connectivity index (χ0) is 23.4. The number of thiophene rings is 1. The van der Waals surface area contributed by atoms with Crippen molar-refractivity contribution < 1.29 is 23.5 Å². The molecule has 1 saturated heterocycles. The van der Waals surface area contributed by atoms with Crippen LogP contribution in [-0.4, -0.2) is 44.0 Å². The molecule has 172 valence electrons. The minimum atomic E-state index is -0.477. The van der Waals surface area contributed by atoms with E-state index >= 15 is 0 Å². The maximum atomic E-state index is 13.3. The van der Waals surface area contributed by atoms with Gasteiger partial charge in [0.05, 0.1) is 25.0 Å². The molecule has 1 aromatic heterocycles. The van der Waals surface area contributed by atoms with Crippen molar-refractivity contribution in [2.75, 3.05) is 27.3 Å². The fourth-order valence-electron chi connectivity index (χ4n) is 4.16. The number of halogens is 1. The Hall–Kier alpha value is -3.39. The number of ether oxygens (including phenoxy) is 2. The third-order valence-electron chi connectivity index (χ3n) is 5.89. The van der Waals surface area contributed by atoms with Crippen LogP contribution in [0.1, 0.15) is 26.7 Å². The van der Waals surface area contributed by atoms with E-state index in [4.69, 9.17) is 9.47 Å². The van der Waals surface area contributed by atoms with Gasteiger partial charge in [0.2, 0.25) is 5.91 Å². The number of carbonyl (C=O) groups is 2. The molecule has 1 fully saturated rings. The Morgan fingerprint density at radius 1 is 1.09 bits per heavy atom. The summed E-state index contributed by atoms with van der Waals surface area (Å²) in [5, 5.41) is 4.81. The molecule has 0 saturated carbocycles. The van der Waals surface area contributed by atoms with Gasteiger partial charge in [-0.15, -0.1) is 11.3 Å². The predicted octanol–water partition coefficient (Wildman–Crippen LogP) is 4.08. The molecule has 2 atom stereocenters. The Morgan fingerprint density at radius 2 is 1.88 bits per heavy atom.